The summed E-state index contributed by atoms with van der Waals surface area (Å²) in [4.78, 5) is 20.7. The van der Waals surface area contributed by atoms with Gasteiger partial charge in [0.05, 0.1) is 15.9 Å². The minimum absolute atomic E-state index is 0.0577. The van der Waals surface area contributed by atoms with Crippen LogP contribution in [0, 0.1) is 20.2 Å². The Labute approximate surface area is 108 Å². The second kappa shape index (κ2) is 4.18. The fourth-order valence-corrected chi connectivity index (χ4v) is 3.01. The van der Waals surface area contributed by atoms with Crippen molar-refractivity contribution in [1.82, 2.24) is 0 Å². The molecule has 19 heavy (non-hydrogen) atoms. The molecule has 7 nitrogen and oxygen atoms in total. The molecule has 1 aromatic carbocycles. The molecular weight excluding hydrogens is 252 g/mol. The lowest BCUT2D eigenvalue weighted by Crippen LogP contribution is -2.22. The van der Waals surface area contributed by atoms with Crippen LogP contribution in [-0.2, 0) is 0 Å². The lowest BCUT2D eigenvalue weighted by atomic mass is 9.83. The minimum Gasteiger partial charge on any atom is -0.483 e. The quantitative estimate of drug-likeness (QED) is 0.604. The van der Waals surface area contributed by atoms with Crippen LogP contribution < -0.4 is 4.74 Å². The zero-order valence-electron chi connectivity index (χ0n) is 10.1. The van der Waals surface area contributed by atoms with E-state index in [9.17, 15) is 20.2 Å². The van der Waals surface area contributed by atoms with Gasteiger partial charge in [0, 0.05) is 17.5 Å². The summed E-state index contributed by atoms with van der Waals surface area (Å²) in [5, 5.41) is 21.9. The van der Waals surface area contributed by atoms with Crippen LogP contribution in [0.4, 0.5) is 11.4 Å². The summed E-state index contributed by atoms with van der Waals surface area (Å²) < 4.78 is 5.67. The highest BCUT2D eigenvalue weighted by Crippen LogP contribution is 2.50. The first-order valence-electron chi connectivity index (χ1n) is 6.21. The molecule has 0 bridgehead atoms. The van der Waals surface area contributed by atoms with Crippen molar-refractivity contribution in [3.05, 3.63) is 37.9 Å². The molecule has 0 radical (unpaired) electrons. The molecule has 0 spiro atoms. The van der Waals surface area contributed by atoms with Gasteiger partial charge in [-0.3, -0.25) is 20.2 Å². The molecule has 2 unspecified atom stereocenters. The molecule has 1 heterocycles. The summed E-state index contributed by atoms with van der Waals surface area (Å²) in [7, 11) is 0. The molecule has 0 saturated heterocycles. The van der Waals surface area contributed by atoms with Crippen LogP contribution in [0.15, 0.2) is 12.1 Å². The van der Waals surface area contributed by atoms with Gasteiger partial charge in [-0.15, -0.1) is 0 Å². The Morgan fingerprint density at radius 2 is 1.84 bits per heavy atom. The second-order valence-electron chi connectivity index (χ2n) is 4.94. The standard InChI is InChI=1S/C12H12N2O5/c15-13(16)7-5-9-8-3-1-2-4-11(8)19-12(9)10(6-7)14(17)18/h5-6,8,11H,1-4H2. The summed E-state index contributed by atoms with van der Waals surface area (Å²) in [6.45, 7) is 0. The molecule has 0 amide bonds. The highest BCUT2D eigenvalue weighted by molar-refractivity contribution is 5.61. The predicted molar refractivity (Wildman–Crippen MR) is 65.4 cm³/mol. The molecule has 7 heteroatoms. The molecule has 1 aliphatic heterocycles. The Morgan fingerprint density at radius 3 is 2.53 bits per heavy atom. The first-order valence-corrected chi connectivity index (χ1v) is 6.21. The number of nitro groups is 2. The van der Waals surface area contributed by atoms with Crippen molar-refractivity contribution in [1.29, 1.82) is 0 Å². The Bertz CT molecular complexity index is 571. The van der Waals surface area contributed by atoms with E-state index in [4.69, 9.17) is 4.74 Å². The molecule has 1 saturated carbocycles. The molecule has 1 fully saturated rings. The highest BCUT2D eigenvalue weighted by atomic mass is 16.6. The molecular formula is C12H12N2O5. The SMILES string of the molecule is O=[N+]([O-])c1cc2c(c([N+](=O)[O-])c1)OC1CCCCC21. The number of ether oxygens (including phenoxy) is 1. The summed E-state index contributed by atoms with van der Waals surface area (Å²) in [5.41, 5.74) is 0.101. The summed E-state index contributed by atoms with van der Waals surface area (Å²) in [5.74, 6) is 0.287. The van der Waals surface area contributed by atoms with Crippen LogP contribution in [-0.4, -0.2) is 16.0 Å². The number of hydrogen-bond acceptors (Lipinski definition) is 5. The minimum atomic E-state index is -0.608. The van der Waals surface area contributed by atoms with Gasteiger partial charge in [0.2, 0.25) is 5.75 Å². The number of hydrogen-bond donors (Lipinski definition) is 0. The van der Waals surface area contributed by atoms with Crippen molar-refractivity contribution in [2.75, 3.05) is 0 Å². The Kier molecular flexibility index (Phi) is 2.62. The predicted octanol–water partition coefficient (Wildman–Crippen LogP) is 2.92. The lowest BCUT2D eigenvalue weighted by Gasteiger charge is -2.23. The maximum absolute atomic E-state index is 11.0. The van der Waals surface area contributed by atoms with Crippen molar-refractivity contribution in [2.24, 2.45) is 0 Å². The van der Waals surface area contributed by atoms with Crippen molar-refractivity contribution in [3.8, 4) is 5.75 Å². The third kappa shape index (κ3) is 1.81. The van der Waals surface area contributed by atoms with E-state index in [0.29, 0.717) is 5.56 Å². The molecule has 0 N–H and O–H groups in total. The van der Waals surface area contributed by atoms with Gasteiger partial charge in [0.1, 0.15) is 6.10 Å². The zero-order chi connectivity index (χ0) is 13.6. The molecule has 2 aliphatic rings. The van der Waals surface area contributed by atoms with Crippen LogP contribution >= 0.6 is 0 Å². The number of rotatable bonds is 2. The summed E-state index contributed by atoms with van der Waals surface area (Å²) in [6, 6.07) is 2.41. The number of non-ortho nitro benzene ring substituents is 1. The van der Waals surface area contributed by atoms with Gasteiger partial charge in [-0.25, -0.2) is 0 Å². The van der Waals surface area contributed by atoms with E-state index in [1.165, 1.54) is 6.07 Å². The molecule has 2 atom stereocenters. The van der Waals surface area contributed by atoms with E-state index < -0.39 is 9.85 Å². The lowest BCUT2D eigenvalue weighted by molar-refractivity contribution is -0.394. The largest absolute Gasteiger partial charge is 0.483 e. The number of fused-ring (bicyclic) bond motifs is 3. The molecule has 0 aromatic heterocycles. The van der Waals surface area contributed by atoms with E-state index in [2.05, 4.69) is 0 Å². The second-order valence-corrected chi connectivity index (χ2v) is 4.94. The van der Waals surface area contributed by atoms with E-state index >= 15 is 0 Å². The molecule has 1 aromatic rings. The summed E-state index contributed by atoms with van der Waals surface area (Å²) >= 11 is 0. The van der Waals surface area contributed by atoms with Crippen LogP contribution in [0.3, 0.4) is 0 Å². The normalized spacial score (nSPS) is 24.2. The first-order chi connectivity index (χ1) is 9.08. The Morgan fingerprint density at radius 1 is 1.11 bits per heavy atom. The smallest absolute Gasteiger partial charge is 0.318 e. The Balaban J connectivity index is 2.14. The van der Waals surface area contributed by atoms with E-state index in [0.717, 1.165) is 31.7 Å². The van der Waals surface area contributed by atoms with Crippen LogP contribution in [0.25, 0.3) is 0 Å². The number of benzene rings is 1. The van der Waals surface area contributed by atoms with E-state index in [-0.39, 0.29) is 29.1 Å². The van der Waals surface area contributed by atoms with Gasteiger partial charge >= 0.3 is 5.69 Å². The number of nitro benzene ring substituents is 2. The third-order valence-corrected chi connectivity index (χ3v) is 3.86. The van der Waals surface area contributed by atoms with E-state index in [1.807, 2.05) is 0 Å². The fraction of sp³-hybridized carbons (Fsp3) is 0.500. The molecule has 1 aliphatic carbocycles. The first kappa shape index (κ1) is 11.9. The van der Waals surface area contributed by atoms with Crippen LogP contribution in [0.5, 0.6) is 5.75 Å². The zero-order valence-corrected chi connectivity index (χ0v) is 10.1. The van der Waals surface area contributed by atoms with Gasteiger partial charge < -0.3 is 4.74 Å². The van der Waals surface area contributed by atoms with Crippen molar-refractivity contribution >= 4 is 11.4 Å². The average molecular weight is 264 g/mol. The van der Waals surface area contributed by atoms with Crippen LogP contribution in [0.1, 0.15) is 37.2 Å². The van der Waals surface area contributed by atoms with Crippen molar-refractivity contribution < 1.29 is 14.6 Å². The number of nitrogens with zero attached hydrogens (tertiary/aromatic N) is 2. The van der Waals surface area contributed by atoms with Gasteiger partial charge in [-0.05, 0) is 19.3 Å². The summed E-state index contributed by atoms with van der Waals surface area (Å²) in [6.07, 6.45) is 3.72. The topological polar surface area (TPSA) is 95.5 Å². The third-order valence-electron chi connectivity index (χ3n) is 3.86. The van der Waals surface area contributed by atoms with Gasteiger partial charge in [0.25, 0.3) is 5.69 Å². The van der Waals surface area contributed by atoms with Crippen molar-refractivity contribution in [2.45, 2.75) is 37.7 Å². The van der Waals surface area contributed by atoms with Gasteiger partial charge in [-0.1, -0.05) is 6.42 Å². The molecule has 100 valence electrons. The Hall–Kier alpha value is -2.18. The van der Waals surface area contributed by atoms with Crippen LogP contribution in [0.2, 0.25) is 0 Å². The van der Waals surface area contributed by atoms with Gasteiger partial charge in [0.15, 0.2) is 0 Å². The van der Waals surface area contributed by atoms with Crippen molar-refractivity contribution in [3.63, 3.8) is 0 Å². The average Bonchev–Trinajstić information content (AvgIpc) is 2.75. The monoisotopic (exact) mass is 264 g/mol. The maximum atomic E-state index is 11.0. The molecule has 3 rings (SSSR count). The maximum Gasteiger partial charge on any atom is 0.318 e. The fourth-order valence-electron chi connectivity index (χ4n) is 3.01. The highest BCUT2D eigenvalue weighted by Gasteiger charge is 2.41. The van der Waals surface area contributed by atoms with E-state index in [1.54, 1.807) is 0 Å². The van der Waals surface area contributed by atoms with Gasteiger partial charge in [-0.2, -0.15) is 0 Å².